The summed E-state index contributed by atoms with van der Waals surface area (Å²) in [6.07, 6.45) is 3.86. The van der Waals surface area contributed by atoms with Crippen molar-refractivity contribution in [3.8, 4) is 11.1 Å². The zero-order valence-electron chi connectivity index (χ0n) is 28.2. The molecule has 2 atom stereocenters. The van der Waals surface area contributed by atoms with Gasteiger partial charge in [-0.25, -0.2) is 8.78 Å². The largest absolute Gasteiger partial charge is 0.387 e. The van der Waals surface area contributed by atoms with E-state index in [1.165, 1.54) is 4.90 Å². The van der Waals surface area contributed by atoms with Gasteiger partial charge in [-0.1, -0.05) is 51.1 Å². The number of aliphatic hydroxyl groups excluding tert-OH is 1. The van der Waals surface area contributed by atoms with Crippen LogP contribution in [0.2, 0.25) is 0 Å². The molecule has 0 fully saturated rings. The van der Waals surface area contributed by atoms with Crippen molar-refractivity contribution in [2.75, 3.05) is 32.8 Å². The van der Waals surface area contributed by atoms with Crippen LogP contribution in [0.1, 0.15) is 44.5 Å². The second kappa shape index (κ2) is 16.5. The van der Waals surface area contributed by atoms with Crippen LogP contribution in [0.15, 0.2) is 72.9 Å². The van der Waals surface area contributed by atoms with Gasteiger partial charge < -0.3 is 30.9 Å². The van der Waals surface area contributed by atoms with E-state index in [0.29, 0.717) is 17.8 Å². The minimum atomic E-state index is -1.07. The van der Waals surface area contributed by atoms with Crippen molar-refractivity contribution < 1.29 is 37.9 Å². The molecule has 5 N–H and O–H groups in total. The summed E-state index contributed by atoms with van der Waals surface area (Å²) >= 11 is 0. The predicted octanol–water partition coefficient (Wildman–Crippen LogP) is 2.26. The fourth-order valence-electron chi connectivity index (χ4n) is 5.81. The Morgan fingerprint density at radius 1 is 0.960 bits per heavy atom. The lowest BCUT2D eigenvalue weighted by molar-refractivity contribution is -0.141. The summed E-state index contributed by atoms with van der Waals surface area (Å²) in [6.45, 7) is 4.79. The average molecular weight is 693 g/mol. The Morgan fingerprint density at radius 3 is 2.26 bits per heavy atom. The third kappa shape index (κ3) is 9.48. The van der Waals surface area contributed by atoms with Crippen LogP contribution in [-0.4, -0.2) is 87.8 Å². The number of aromatic nitrogens is 1. The van der Waals surface area contributed by atoms with Crippen molar-refractivity contribution in [2.45, 2.75) is 45.8 Å². The summed E-state index contributed by atoms with van der Waals surface area (Å²) in [5.74, 6) is -4.14. The number of amides is 5. The Bertz CT molecular complexity index is 1730. The maximum Gasteiger partial charge on any atom is 0.254 e. The lowest BCUT2D eigenvalue weighted by Gasteiger charge is -2.41. The number of nitrogens with zero attached hydrogens (tertiary/aromatic N) is 3. The van der Waals surface area contributed by atoms with E-state index in [4.69, 9.17) is 5.73 Å². The summed E-state index contributed by atoms with van der Waals surface area (Å²) in [7, 11) is 0. The number of imide groups is 1. The van der Waals surface area contributed by atoms with Crippen molar-refractivity contribution >= 4 is 29.5 Å². The third-order valence-corrected chi connectivity index (χ3v) is 8.20. The standard InChI is InChI=1S/C36H42F2N6O6/c1-36(2,3)34(29-17-24(26-18-25(37)9-10-27(26)38)20-42(29)19-23-7-5-4-6-8-23)43(33(49)22-45)16-13-28(39)35(50)41-15-14-40-30(46)21-44-31(47)11-12-32(44)48/h4-12,17-18,20,28,34,45H,13-16,19,21-22,39H2,1-3H3,(H,40,46)(H,41,50)/t28-,34-/m0/s1. The van der Waals surface area contributed by atoms with Crippen LogP contribution >= 0.6 is 0 Å². The smallest absolute Gasteiger partial charge is 0.254 e. The van der Waals surface area contributed by atoms with E-state index in [-0.39, 0.29) is 31.6 Å². The summed E-state index contributed by atoms with van der Waals surface area (Å²) in [5.41, 5.74) is 7.53. The molecule has 1 aromatic heterocycles. The molecule has 50 heavy (non-hydrogen) atoms. The Kier molecular flexibility index (Phi) is 12.4. The van der Waals surface area contributed by atoms with Crippen molar-refractivity contribution in [3.05, 3.63) is 95.8 Å². The minimum absolute atomic E-state index is 0.00741. The molecule has 5 amide bonds. The molecular formula is C36H42F2N6O6. The molecule has 1 aliphatic heterocycles. The highest BCUT2D eigenvalue weighted by Gasteiger charge is 2.37. The molecule has 0 saturated carbocycles. The molecule has 4 rings (SSSR count). The van der Waals surface area contributed by atoms with Gasteiger partial charge in [0.25, 0.3) is 11.8 Å². The number of hydrogen-bond donors (Lipinski definition) is 4. The molecule has 0 saturated heterocycles. The van der Waals surface area contributed by atoms with Gasteiger partial charge in [-0.3, -0.25) is 28.9 Å². The van der Waals surface area contributed by atoms with Gasteiger partial charge in [-0.2, -0.15) is 0 Å². The average Bonchev–Trinajstić information content (AvgIpc) is 3.62. The van der Waals surface area contributed by atoms with E-state index in [1.54, 1.807) is 12.3 Å². The normalized spacial score (nSPS) is 14.1. The Hall–Kier alpha value is -5.21. The van der Waals surface area contributed by atoms with Crippen molar-refractivity contribution in [3.63, 3.8) is 0 Å². The Balaban J connectivity index is 1.50. The predicted molar refractivity (Wildman–Crippen MR) is 181 cm³/mol. The van der Waals surface area contributed by atoms with Crippen LogP contribution < -0.4 is 16.4 Å². The quantitative estimate of drug-likeness (QED) is 0.140. The van der Waals surface area contributed by atoms with Gasteiger partial charge in [0, 0.05) is 61.3 Å². The van der Waals surface area contributed by atoms with Crippen molar-refractivity contribution in [2.24, 2.45) is 11.1 Å². The summed E-state index contributed by atoms with van der Waals surface area (Å²) in [5, 5.41) is 15.2. The summed E-state index contributed by atoms with van der Waals surface area (Å²) in [4.78, 5) is 63.8. The van der Waals surface area contributed by atoms with Crippen LogP contribution in [-0.2, 0) is 30.5 Å². The molecule has 0 spiro atoms. The molecule has 0 radical (unpaired) electrons. The fourth-order valence-corrected chi connectivity index (χ4v) is 5.81. The van der Waals surface area contributed by atoms with E-state index in [9.17, 15) is 37.9 Å². The van der Waals surface area contributed by atoms with Gasteiger partial charge in [-0.05, 0) is 41.7 Å². The Morgan fingerprint density at radius 2 is 1.62 bits per heavy atom. The van der Waals surface area contributed by atoms with Gasteiger partial charge in [0.2, 0.25) is 17.7 Å². The first-order chi connectivity index (χ1) is 23.7. The summed E-state index contributed by atoms with van der Waals surface area (Å²) < 4.78 is 31.1. The molecule has 14 heteroatoms. The first kappa shape index (κ1) is 37.6. The molecule has 1 aliphatic rings. The van der Waals surface area contributed by atoms with Crippen molar-refractivity contribution in [1.29, 1.82) is 0 Å². The number of rotatable bonds is 15. The molecule has 0 aliphatic carbocycles. The third-order valence-electron chi connectivity index (χ3n) is 8.20. The molecule has 3 aromatic rings. The number of carbonyl (C=O) groups is 5. The molecule has 2 aromatic carbocycles. The number of halogens is 2. The number of nitrogens with one attached hydrogen (secondary N) is 2. The number of aliphatic hydroxyl groups is 1. The van der Waals surface area contributed by atoms with E-state index in [1.807, 2.05) is 55.7 Å². The zero-order chi connectivity index (χ0) is 36.6. The summed E-state index contributed by atoms with van der Waals surface area (Å²) in [6, 6.07) is 12.6. The van der Waals surface area contributed by atoms with Gasteiger partial charge in [-0.15, -0.1) is 0 Å². The topological polar surface area (TPSA) is 167 Å². The van der Waals surface area contributed by atoms with Crippen LogP contribution in [0.4, 0.5) is 8.78 Å². The van der Waals surface area contributed by atoms with E-state index >= 15 is 0 Å². The molecular weight excluding hydrogens is 650 g/mol. The number of benzene rings is 2. The number of hydrogen-bond acceptors (Lipinski definition) is 7. The van der Waals surface area contributed by atoms with Crippen LogP contribution in [0.25, 0.3) is 11.1 Å². The van der Waals surface area contributed by atoms with Crippen LogP contribution in [0, 0.1) is 17.0 Å². The number of nitrogens with two attached hydrogens (primary N) is 1. The van der Waals surface area contributed by atoms with Crippen molar-refractivity contribution in [1.82, 2.24) is 25.0 Å². The van der Waals surface area contributed by atoms with Gasteiger partial charge in [0.1, 0.15) is 24.8 Å². The minimum Gasteiger partial charge on any atom is -0.387 e. The molecule has 266 valence electrons. The zero-order valence-corrected chi connectivity index (χ0v) is 28.2. The Labute approximate surface area is 288 Å². The second-order valence-electron chi connectivity index (χ2n) is 13.0. The first-order valence-corrected chi connectivity index (χ1v) is 16.1. The monoisotopic (exact) mass is 692 g/mol. The van der Waals surface area contributed by atoms with E-state index in [0.717, 1.165) is 40.8 Å². The highest BCUT2D eigenvalue weighted by atomic mass is 19.1. The number of carbonyl (C=O) groups excluding carboxylic acids is 5. The van der Waals surface area contributed by atoms with Crippen LogP contribution in [0.5, 0.6) is 0 Å². The molecule has 2 heterocycles. The second-order valence-corrected chi connectivity index (χ2v) is 13.0. The SMILES string of the molecule is CC(C)(C)[C@H](c1cc(-c2cc(F)ccc2F)cn1Cc1ccccc1)N(CC[C@H](N)C(=O)NCCNC(=O)CN1C(=O)C=CC1=O)C(=O)CO. The van der Waals surface area contributed by atoms with Gasteiger partial charge in [0.05, 0.1) is 12.1 Å². The highest BCUT2D eigenvalue weighted by molar-refractivity contribution is 6.14. The fraction of sp³-hybridized carbons (Fsp3) is 0.361. The van der Waals surface area contributed by atoms with Gasteiger partial charge in [0.15, 0.2) is 0 Å². The lowest BCUT2D eigenvalue weighted by atomic mass is 9.82. The first-order valence-electron chi connectivity index (χ1n) is 16.1. The van der Waals surface area contributed by atoms with E-state index < -0.39 is 71.8 Å². The van der Waals surface area contributed by atoms with Crippen LogP contribution in [0.3, 0.4) is 0 Å². The highest BCUT2D eigenvalue weighted by Crippen LogP contribution is 2.41. The maximum atomic E-state index is 15.0. The maximum absolute atomic E-state index is 15.0. The molecule has 0 bridgehead atoms. The molecule has 0 unspecified atom stereocenters. The molecule has 12 nitrogen and oxygen atoms in total. The van der Waals surface area contributed by atoms with Gasteiger partial charge >= 0.3 is 0 Å². The van der Waals surface area contributed by atoms with E-state index in [2.05, 4.69) is 10.6 Å². The lowest BCUT2D eigenvalue weighted by Crippen LogP contribution is -2.48.